The molecule has 2 heterocycles. The van der Waals surface area contributed by atoms with Crippen LogP contribution in [0.1, 0.15) is 42.5 Å². The molecule has 2 aromatic heterocycles. The number of hydrogen-bond acceptors (Lipinski definition) is 4. The van der Waals surface area contributed by atoms with Crippen molar-refractivity contribution in [3.63, 3.8) is 0 Å². The number of benzene rings is 1. The van der Waals surface area contributed by atoms with Crippen LogP contribution < -0.4 is 0 Å². The molecule has 0 bridgehead atoms. The van der Waals surface area contributed by atoms with Gasteiger partial charge < -0.3 is 5.11 Å². The zero-order valence-corrected chi connectivity index (χ0v) is 13.9. The smallest absolute Gasteiger partial charge is 0.165 e. The van der Waals surface area contributed by atoms with Crippen molar-refractivity contribution < 1.29 is 9.50 Å². The molecule has 0 unspecified atom stereocenters. The quantitative estimate of drug-likeness (QED) is 0.796. The van der Waals surface area contributed by atoms with Gasteiger partial charge in [-0.1, -0.05) is 19.9 Å². The van der Waals surface area contributed by atoms with Crippen molar-refractivity contribution in [2.45, 2.75) is 33.1 Å². The van der Waals surface area contributed by atoms with Crippen molar-refractivity contribution >= 4 is 0 Å². The van der Waals surface area contributed by atoms with Crippen molar-refractivity contribution in [1.29, 1.82) is 0 Å². The second-order valence-electron chi connectivity index (χ2n) is 6.08. The summed E-state index contributed by atoms with van der Waals surface area (Å²) in [7, 11) is 0. The Morgan fingerprint density at radius 2 is 2.04 bits per heavy atom. The van der Waals surface area contributed by atoms with Gasteiger partial charge in [0.15, 0.2) is 17.4 Å². The Morgan fingerprint density at radius 1 is 1.25 bits per heavy atom. The molecule has 124 valence electrons. The van der Waals surface area contributed by atoms with E-state index in [1.54, 1.807) is 23.1 Å². The molecule has 1 N–H and O–H groups in total. The van der Waals surface area contributed by atoms with Gasteiger partial charge in [0, 0.05) is 24.7 Å². The summed E-state index contributed by atoms with van der Waals surface area (Å²) in [6.07, 6.45) is 3.90. The van der Waals surface area contributed by atoms with Gasteiger partial charge in [0.2, 0.25) is 0 Å². The predicted octanol–water partition coefficient (Wildman–Crippen LogP) is 3.53. The normalized spacial score (nSPS) is 11.2. The van der Waals surface area contributed by atoms with Crippen molar-refractivity contribution in [2.24, 2.45) is 0 Å². The highest BCUT2D eigenvalue weighted by molar-refractivity contribution is 5.39. The summed E-state index contributed by atoms with van der Waals surface area (Å²) >= 11 is 0. The summed E-state index contributed by atoms with van der Waals surface area (Å²) < 4.78 is 15.4. The molecule has 1 aromatic carbocycles. The highest BCUT2D eigenvalue weighted by Gasteiger charge is 2.16. The van der Waals surface area contributed by atoms with Gasteiger partial charge in [0.05, 0.1) is 5.69 Å². The molecule has 3 rings (SSSR count). The molecule has 0 saturated heterocycles. The Hall–Kier alpha value is -2.76. The fraction of sp³-hybridized carbons (Fsp3) is 0.278. The van der Waals surface area contributed by atoms with Crippen LogP contribution in [0, 0.1) is 12.7 Å². The lowest BCUT2D eigenvalue weighted by molar-refractivity contribution is 0.432. The SMILES string of the molecule is Cc1cnccc1-n1nc(C(C)C)nc1Cc1ccc(O)c(F)c1. The minimum atomic E-state index is -0.636. The number of aromatic nitrogens is 4. The summed E-state index contributed by atoms with van der Waals surface area (Å²) in [5, 5.41) is 14.0. The molecule has 0 fully saturated rings. The molecule has 0 saturated carbocycles. The van der Waals surface area contributed by atoms with Gasteiger partial charge in [-0.3, -0.25) is 4.98 Å². The minimum absolute atomic E-state index is 0.184. The number of hydrogen-bond donors (Lipinski definition) is 1. The third-order valence-corrected chi connectivity index (χ3v) is 3.80. The van der Waals surface area contributed by atoms with E-state index in [2.05, 4.69) is 15.1 Å². The van der Waals surface area contributed by atoms with E-state index in [9.17, 15) is 9.50 Å². The molecule has 3 aromatic rings. The Bertz CT molecular complexity index is 873. The number of rotatable bonds is 4. The molecule has 0 aliphatic rings. The molecule has 0 aliphatic heterocycles. The molecule has 6 heteroatoms. The maximum Gasteiger partial charge on any atom is 0.165 e. The zero-order chi connectivity index (χ0) is 17.3. The summed E-state index contributed by atoms with van der Waals surface area (Å²) in [5.74, 6) is 0.651. The van der Waals surface area contributed by atoms with E-state index in [0.29, 0.717) is 6.42 Å². The first-order valence-corrected chi connectivity index (χ1v) is 7.80. The van der Waals surface area contributed by atoms with Crippen LogP contribution in [-0.2, 0) is 6.42 Å². The first kappa shape index (κ1) is 16.1. The highest BCUT2D eigenvalue weighted by atomic mass is 19.1. The highest BCUT2D eigenvalue weighted by Crippen LogP contribution is 2.22. The lowest BCUT2D eigenvalue weighted by Gasteiger charge is -2.08. The minimum Gasteiger partial charge on any atom is -0.505 e. The molecular weight excluding hydrogens is 307 g/mol. The Balaban J connectivity index is 2.06. The fourth-order valence-electron chi connectivity index (χ4n) is 2.46. The van der Waals surface area contributed by atoms with E-state index < -0.39 is 5.82 Å². The largest absolute Gasteiger partial charge is 0.505 e. The van der Waals surface area contributed by atoms with E-state index in [4.69, 9.17) is 0 Å². The van der Waals surface area contributed by atoms with Gasteiger partial charge in [-0.25, -0.2) is 14.1 Å². The van der Waals surface area contributed by atoms with Crippen LogP contribution in [0.4, 0.5) is 4.39 Å². The number of aromatic hydroxyl groups is 1. The summed E-state index contributed by atoms with van der Waals surface area (Å²) in [5.41, 5.74) is 2.61. The summed E-state index contributed by atoms with van der Waals surface area (Å²) in [6.45, 7) is 6.02. The average Bonchev–Trinajstić information content (AvgIpc) is 2.95. The van der Waals surface area contributed by atoms with Crippen molar-refractivity contribution in [3.8, 4) is 11.4 Å². The molecule has 0 amide bonds. The Morgan fingerprint density at radius 3 is 2.71 bits per heavy atom. The van der Waals surface area contributed by atoms with Crippen LogP contribution in [0.15, 0.2) is 36.7 Å². The molecule has 0 spiro atoms. The summed E-state index contributed by atoms with van der Waals surface area (Å²) in [4.78, 5) is 8.73. The second kappa shape index (κ2) is 6.39. The molecule has 0 radical (unpaired) electrons. The Labute approximate surface area is 139 Å². The van der Waals surface area contributed by atoms with Gasteiger partial charge in [0.1, 0.15) is 5.82 Å². The number of phenolic OH excluding ortho intramolecular Hbond substituents is 1. The number of phenols is 1. The van der Waals surface area contributed by atoms with Gasteiger partial charge in [-0.15, -0.1) is 0 Å². The molecule has 0 aliphatic carbocycles. The molecule has 5 nitrogen and oxygen atoms in total. The van der Waals surface area contributed by atoms with Crippen molar-refractivity contribution in [3.05, 3.63) is 65.3 Å². The Kier molecular flexibility index (Phi) is 4.29. The lowest BCUT2D eigenvalue weighted by Crippen LogP contribution is -2.06. The standard InChI is InChI=1S/C18H19FN4O/c1-11(2)18-21-17(9-13-4-5-16(24)14(19)8-13)23(22-18)15-6-7-20-10-12(15)3/h4-8,10-11,24H,9H2,1-3H3. The van der Waals surface area contributed by atoms with Crippen LogP contribution >= 0.6 is 0 Å². The van der Waals surface area contributed by atoms with Gasteiger partial charge >= 0.3 is 0 Å². The van der Waals surface area contributed by atoms with Crippen LogP contribution in [0.3, 0.4) is 0 Å². The van der Waals surface area contributed by atoms with Gasteiger partial charge in [-0.05, 0) is 36.2 Å². The third kappa shape index (κ3) is 3.13. The monoisotopic (exact) mass is 326 g/mol. The van der Waals surface area contributed by atoms with Crippen LogP contribution in [0.5, 0.6) is 5.75 Å². The summed E-state index contributed by atoms with van der Waals surface area (Å²) in [6, 6.07) is 6.25. The van der Waals surface area contributed by atoms with Gasteiger partial charge in [0.25, 0.3) is 0 Å². The maximum absolute atomic E-state index is 13.6. The average molecular weight is 326 g/mol. The fourth-order valence-corrected chi connectivity index (χ4v) is 2.46. The number of pyridine rings is 1. The van der Waals surface area contributed by atoms with Crippen LogP contribution in [0.25, 0.3) is 5.69 Å². The van der Waals surface area contributed by atoms with Crippen molar-refractivity contribution in [1.82, 2.24) is 19.7 Å². The first-order valence-electron chi connectivity index (χ1n) is 7.80. The van der Waals surface area contributed by atoms with Crippen LogP contribution in [0.2, 0.25) is 0 Å². The topological polar surface area (TPSA) is 63.8 Å². The van der Waals surface area contributed by atoms with E-state index in [-0.39, 0.29) is 11.7 Å². The number of nitrogens with zero attached hydrogens (tertiary/aromatic N) is 4. The predicted molar refractivity (Wildman–Crippen MR) is 88.9 cm³/mol. The van der Waals surface area contributed by atoms with E-state index in [1.165, 1.54) is 12.1 Å². The first-order chi connectivity index (χ1) is 11.5. The van der Waals surface area contributed by atoms with Crippen LogP contribution in [-0.4, -0.2) is 24.9 Å². The number of halogens is 1. The zero-order valence-electron chi connectivity index (χ0n) is 13.9. The molecular formula is C18H19FN4O. The third-order valence-electron chi connectivity index (χ3n) is 3.80. The number of aryl methyl sites for hydroxylation is 1. The maximum atomic E-state index is 13.6. The molecule has 24 heavy (non-hydrogen) atoms. The lowest BCUT2D eigenvalue weighted by atomic mass is 10.1. The van der Waals surface area contributed by atoms with Gasteiger partial charge in [-0.2, -0.15) is 5.10 Å². The van der Waals surface area contributed by atoms with E-state index >= 15 is 0 Å². The molecule has 0 atom stereocenters. The van der Waals surface area contributed by atoms with E-state index in [1.807, 2.05) is 26.8 Å². The van der Waals surface area contributed by atoms with E-state index in [0.717, 1.165) is 28.5 Å². The van der Waals surface area contributed by atoms with Crippen molar-refractivity contribution in [2.75, 3.05) is 0 Å². The second-order valence-corrected chi connectivity index (χ2v) is 6.08.